The van der Waals surface area contributed by atoms with Crippen molar-refractivity contribution in [2.45, 2.75) is 50.6 Å². The van der Waals surface area contributed by atoms with E-state index in [1.54, 1.807) is 0 Å². The number of benzene rings is 1. The second-order valence-electron chi connectivity index (χ2n) is 8.70. The molecule has 148 valence electrons. The highest BCUT2D eigenvalue weighted by atomic mass is 16.2. The quantitative estimate of drug-likeness (QED) is 0.888. The van der Waals surface area contributed by atoms with Crippen molar-refractivity contribution in [2.75, 3.05) is 31.1 Å². The summed E-state index contributed by atoms with van der Waals surface area (Å²) in [4.78, 5) is 22.3. The number of anilines is 1. The number of rotatable bonds is 4. The molecule has 28 heavy (non-hydrogen) atoms. The van der Waals surface area contributed by atoms with Crippen molar-refractivity contribution in [2.24, 2.45) is 5.92 Å². The molecule has 3 heterocycles. The summed E-state index contributed by atoms with van der Waals surface area (Å²) in [6.45, 7) is 4.18. The number of nitrogens with one attached hydrogen (secondary N) is 1. The van der Waals surface area contributed by atoms with Gasteiger partial charge >= 0.3 is 0 Å². The summed E-state index contributed by atoms with van der Waals surface area (Å²) < 4.78 is 0. The SMILES string of the molecule is O=C(NC1CC1)[C@@H]1CCCN(C2CCN(c3ccc4ccccc4n3)CC2)C1. The van der Waals surface area contributed by atoms with E-state index in [1.807, 2.05) is 0 Å². The van der Waals surface area contributed by atoms with E-state index in [0.29, 0.717) is 18.0 Å². The first-order chi connectivity index (χ1) is 13.8. The van der Waals surface area contributed by atoms with E-state index < -0.39 is 0 Å². The van der Waals surface area contributed by atoms with Crippen molar-refractivity contribution >= 4 is 22.6 Å². The molecule has 5 heteroatoms. The largest absolute Gasteiger partial charge is 0.356 e. The Hall–Kier alpha value is -2.14. The maximum Gasteiger partial charge on any atom is 0.224 e. The van der Waals surface area contributed by atoms with Crippen LogP contribution in [0.4, 0.5) is 5.82 Å². The highest BCUT2D eigenvalue weighted by Crippen LogP contribution is 2.27. The van der Waals surface area contributed by atoms with Crippen LogP contribution in [0.5, 0.6) is 0 Å². The van der Waals surface area contributed by atoms with E-state index >= 15 is 0 Å². The number of nitrogens with zero attached hydrogens (tertiary/aromatic N) is 3. The van der Waals surface area contributed by atoms with Gasteiger partial charge < -0.3 is 10.2 Å². The molecule has 1 amide bonds. The molecule has 1 atom stereocenters. The average molecular weight is 379 g/mol. The molecule has 2 aromatic rings. The Morgan fingerprint density at radius 3 is 2.61 bits per heavy atom. The lowest BCUT2D eigenvalue weighted by Crippen LogP contribution is -2.51. The fourth-order valence-corrected chi connectivity index (χ4v) is 4.79. The van der Waals surface area contributed by atoms with Crippen LogP contribution in [-0.2, 0) is 4.79 Å². The number of hydrogen-bond donors (Lipinski definition) is 1. The van der Waals surface area contributed by atoms with Gasteiger partial charge in [-0.15, -0.1) is 0 Å². The molecular formula is C23H30N4O. The van der Waals surface area contributed by atoms with Gasteiger partial charge in [0, 0.05) is 37.1 Å². The Morgan fingerprint density at radius 2 is 1.79 bits per heavy atom. The molecule has 3 fully saturated rings. The second kappa shape index (κ2) is 7.70. The van der Waals surface area contributed by atoms with Crippen molar-refractivity contribution in [1.29, 1.82) is 0 Å². The minimum absolute atomic E-state index is 0.189. The van der Waals surface area contributed by atoms with Gasteiger partial charge in [-0.1, -0.05) is 18.2 Å². The van der Waals surface area contributed by atoms with E-state index in [-0.39, 0.29) is 5.92 Å². The van der Waals surface area contributed by atoms with E-state index in [0.717, 1.165) is 63.2 Å². The molecule has 0 bridgehead atoms. The summed E-state index contributed by atoms with van der Waals surface area (Å²) in [5, 5.41) is 4.41. The molecule has 1 saturated carbocycles. The third-order valence-corrected chi connectivity index (χ3v) is 6.64. The smallest absolute Gasteiger partial charge is 0.224 e. The first kappa shape index (κ1) is 17.9. The van der Waals surface area contributed by atoms with Crippen LogP contribution >= 0.6 is 0 Å². The Kier molecular flexibility index (Phi) is 4.93. The van der Waals surface area contributed by atoms with Crippen LogP contribution in [0.15, 0.2) is 36.4 Å². The van der Waals surface area contributed by atoms with Crippen molar-refractivity contribution < 1.29 is 4.79 Å². The molecule has 0 unspecified atom stereocenters. The third kappa shape index (κ3) is 3.86. The molecule has 2 aliphatic heterocycles. The van der Waals surface area contributed by atoms with Gasteiger partial charge in [-0.3, -0.25) is 9.69 Å². The lowest BCUT2D eigenvalue weighted by Gasteiger charge is -2.42. The van der Waals surface area contributed by atoms with Gasteiger partial charge in [0.05, 0.1) is 11.4 Å². The number of carbonyl (C=O) groups is 1. The summed E-state index contributed by atoms with van der Waals surface area (Å²) in [7, 11) is 0. The van der Waals surface area contributed by atoms with Crippen LogP contribution in [-0.4, -0.2) is 54.1 Å². The van der Waals surface area contributed by atoms with Crippen molar-refractivity contribution in [1.82, 2.24) is 15.2 Å². The predicted octanol–water partition coefficient (Wildman–Crippen LogP) is 3.19. The van der Waals surface area contributed by atoms with Crippen LogP contribution in [0, 0.1) is 5.92 Å². The van der Waals surface area contributed by atoms with E-state index in [2.05, 4.69) is 51.5 Å². The molecule has 1 N–H and O–H groups in total. The molecule has 0 spiro atoms. The van der Waals surface area contributed by atoms with Crippen molar-refractivity contribution in [3.05, 3.63) is 36.4 Å². The van der Waals surface area contributed by atoms with E-state index in [1.165, 1.54) is 18.2 Å². The molecule has 3 aliphatic rings. The van der Waals surface area contributed by atoms with E-state index in [9.17, 15) is 4.79 Å². The first-order valence-corrected chi connectivity index (χ1v) is 10.9. The van der Waals surface area contributed by atoms with Gasteiger partial charge in [-0.25, -0.2) is 4.98 Å². The zero-order valence-electron chi connectivity index (χ0n) is 16.5. The Morgan fingerprint density at radius 1 is 0.964 bits per heavy atom. The zero-order chi connectivity index (χ0) is 18.9. The number of likely N-dealkylation sites (tertiary alicyclic amines) is 1. The number of piperidine rings is 2. The fourth-order valence-electron chi connectivity index (χ4n) is 4.79. The molecule has 2 saturated heterocycles. The number of amides is 1. The Bertz CT molecular complexity index is 841. The highest BCUT2D eigenvalue weighted by molar-refractivity contribution is 5.80. The third-order valence-electron chi connectivity index (χ3n) is 6.64. The molecule has 5 nitrogen and oxygen atoms in total. The van der Waals surface area contributed by atoms with Gasteiger partial charge in [0.15, 0.2) is 0 Å². The van der Waals surface area contributed by atoms with Gasteiger partial charge in [0.1, 0.15) is 5.82 Å². The minimum atomic E-state index is 0.189. The number of para-hydroxylation sites is 1. The summed E-state index contributed by atoms with van der Waals surface area (Å²) in [6, 6.07) is 13.7. The minimum Gasteiger partial charge on any atom is -0.356 e. The lowest BCUT2D eigenvalue weighted by atomic mass is 9.93. The standard InChI is InChI=1S/C23H30N4O/c28-23(24-19-8-9-19)18-5-3-13-27(16-18)20-11-14-26(15-12-20)22-10-7-17-4-1-2-6-21(17)25-22/h1-2,4,6-7,10,18-20H,3,5,8-9,11-16H2,(H,24,28)/t18-/m1/s1. The maximum atomic E-state index is 12.5. The molecule has 0 radical (unpaired) electrons. The first-order valence-electron chi connectivity index (χ1n) is 10.9. The number of fused-ring (bicyclic) bond motifs is 1. The topological polar surface area (TPSA) is 48.5 Å². The van der Waals surface area contributed by atoms with Crippen LogP contribution in [0.3, 0.4) is 0 Å². The number of aromatic nitrogens is 1. The van der Waals surface area contributed by atoms with Crippen LogP contribution in [0.2, 0.25) is 0 Å². The molecular weight excluding hydrogens is 348 g/mol. The number of hydrogen-bond acceptors (Lipinski definition) is 4. The predicted molar refractivity (Wildman–Crippen MR) is 112 cm³/mol. The summed E-state index contributed by atoms with van der Waals surface area (Å²) in [5.41, 5.74) is 1.07. The molecule has 1 aromatic heterocycles. The van der Waals surface area contributed by atoms with Crippen LogP contribution in [0.1, 0.15) is 38.5 Å². The van der Waals surface area contributed by atoms with Crippen molar-refractivity contribution in [3.63, 3.8) is 0 Å². The van der Waals surface area contributed by atoms with Crippen LogP contribution < -0.4 is 10.2 Å². The van der Waals surface area contributed by atoms with E-state index in [4.69, 9.17) is 4.98 Å². The number of pyridine rings is 1. The van der Waals surface area contributed by atoms with Crippen LogP contribution in [0.25, 0.3) is 10.9 Å². The molecule has 5 rings (SSSR count). The Labute approximate surface area is 167 Å². The monoisotopic (exact) mass is 378 g/mol. The second-order valence-corrected chi connectivity index (χ2v) is 8.70. The maximum absolute atomic E-state index is 12.5. The number of carbonyl (C=O) groups excluding carboxylic acids is 1. The molecule has 1 aliphatic carbocycles. The normalized spacial score (nSPS) is 24.4. The zero-order valence-corrected chi connectivity index (χ0v) is 16.5. The molecule has 1 aromatic carbocycles. The van der Waals surface area contributed by atoms with Gasteiger partial charge in [-0.05, 0) is 63.3 Å². The van der Waals surface area contributed by atoms with Gasteiger partial charge in [0.2, 0.25) is 5.91 Å². The highest BCUT2D eigenvalue weighted by Gasteiger charge is 2.33. The van der Waals surface area contributed by atoms with Gasteiger partial charge in [0.25, 0.3) is 0 Å². The Balaban J connectivity index is 1.18. The summed E-state index contributed by atoms with van der Waals surface area (Å²) in [5.74, 6) is 1.58. The van der Waals surface area contributed by atoms with Gasteiger partial charge in [-0.2, -0.15) is 0 Å². The van der Waals surface area contributed by atoms with Crippen molar-refractivity contribution in [3.8, 4) is 0 Å². The summed E-state index contributed by atoms with van der Waals surface area (Å²) in [6.07, 6.45) is 6.86. The lowest BCUT2D eigenvalue weighted by molar-refractivity contribution is -0.127. The summed E-state index contributed by atoms with van der Waals surface area (Å²) >= 11 is 0. The fraction of sp³-hybridized carbons (Fsp3) is 0.565. The average Bonchev–Trinajstić information content (AvgIpc) is 3.57.